The van der Waals surface area contributed by atoms with Gasteiger partial charge in [-0.1, -0.05) is 11.3 Å². The zero-order valence-electron chi connectivity index (χ0n) is 14.4. The third-order valence-corrected chi connectivity index (χ3v) is 5.02. The zero-order valence-corrected chi connectivity index (χ0v) is 15.2. The molecule has 0 spiro atoms. The lowest BCUT2D eigenvalue weighted by atomic mass is 10.2. The van der Waals surface area contributed by atoms with E-state index in [0.29, 0.717) is 18.7 Å². The van der Waals surface area contributed by atoms with E-state index in [-0.39, 0.29) is 5.91 Å². The van der Waals surface area contributed by atoms with Gasteiger partial charge < -0.3 is 10.2 Å². The van der Waals surface area contributed by atoms with Crippen LogP contribution in [0.5, 0.6) is 0 Å². The van der Waals surface area contributed by atoms with Gasteiger partial charge in [0.25, 0.3) is 0 Å². The van der Waals surface area contributed by atoms with Gasteiger partial charge in [0.1, 0.15) is 16.7 Å². The van der Waals surface area contributed by atoms with Crippen molar-refractivity contribution in [2.75, 3.05) is 19.4 Å². The van der Waals surface area contributed by atoms with Crippen LogP contribution in [0.1, 0.15) is 11.4 Å². The molecule has 1 amide bonds. The maximum absolute atomic E-state index is 11.8. The van der Waals surface area contributed by atoms with Gasteiger partial charge in [0.05, 0.1) is 16.7 Å². The molecular formula is C17H17N7OS. The van der Waals surface area contributed by atoms with E-state index in [1.54, 1.807) is 25.2 Å². The summed E-state index contributed by atoms with van der Waals surface area (Å²) >= 11 is 1.49. The van der Waals surface area contributed by atoms with Gasteiger partial charge in [-0.05, 0) is 18.2 Å². The number of rotatable bonds is 5. The normalized spacial score (nSPS) is 11.2. The second-order valence-electron chi connectivity index (χ2n) is 6.07. The number of H-pyrrole nitrogens is 1. The predicted octanol–water partition coefficient (Wildman–Crippen LogP) is 2.73. The Morgan fingerprint density at radius 1 is 1.31 bits per heavy atom. The summed E-state index contributed by atoms with van der Waals surface area (Å²) in [7, 11) is 3.51. The second-order valence-corrected chi connectivity index (χ2v) is 7.13. The first-order chi connectivity index (χ1) is 12.6. The molecular weight excluding hydrogens is 350 g/mol. The molecule has 0 saturated heterocycles. The Labute approximate surface area is 153 Å². The van der Waals surface area contributed by atoms with Gasteiger partial charge >= 0.3 is 0 Å². The highest BCUT2D eigenvalue weighted by molar-refractivity contribution is 7.18. The zero-order chi connectivity index (χ0) is 18.1. The number of anilines is 2. The molecule has 132 valence electrons. The minimum Gasteiger partial charge on any atom is -0.349 e. The standard InChI is InChI=1S/C17H17N7OS/c1-24(2)14(25)6-5-13-22-15-16(18-9-19-17(15)26-13)21-11-3-4-12-10(7-11)8-20-23-12/h3-4,7-9H,5-6H2,1-2H3,(H,20,23)(H,18,19,21). The number of aryl methyl sites for hydroxylation is 1. The van der Waals surface area contributed by atoms with Crippen LogP contribution in [-0.4, -0.2) is 50.1 Å². The van der Waals surface area contributed by atoms with Gasteiger partial charge in [0, 0.05) is 38.0 Å². The van der Waals surface area contributed by atoms with Gasteiger partial charge in [-0.2, -0.15) is 5.10 Å². The Balaban J connectivity index is 1.59. The smallest absolute Gasteiger partial charge is 0.222 e. The van der Waals surface area contributed by atoms with E-state index in [2.05, 4.69) is 30.5 Å². The molecule has 0 saturated carbocycles. The van der Waals surface area contributed by atoms with Crippen molar-refractivity contribution in [3.8, 4) is 0 Å². The number of thiazole rings is 1. The van der Waals surface area contributed by atoms with E-state index in [4.69, 9.17) is 0 Å². The summed E-state index contributed by atoms with van der Waals surface area (Å²) in [6.07, 6.45) is 4.32. The highest BCUT2D eigenvalue weighted by Crippen LogP contribution is 2.28. The Hall–Kier alpha value is -3.07. The second kappa shape index (κ2) is 6.68. The molecule has 0 aliphatic heterocycles. The number of nitrogens with zero attached hydrogens (tertiary/aromatic N) is 5. The van der Waals surface area contributed by atoms with Crippen molar-refractivity contribution in [3.05, 3.63) is 35.7 Å². The largest absolute Gasteiger partial charge is 0.349 e. The number of hydrogen-bond donors (Lipinski definition) is 2. The Morgan fingerprint density at radius 3 is 3.04 bits per heavy atom. The summed E-state index contributed by atoms with van der Waals surface area (Å²) in [6.45, 7) is 0. The molecule has 9 heteroatoms. The van der Waals surface area contributed by atoms with E-state index in [9.17, 15) is 4.79 Å². The number of benzene rings is 1. The van der Waals surface area contributed by atoms with Crippen molar-refractivity contribution < 1.29 is 4.79 Å². The van der Waals surface area contributed by atoms with Crippen LogP contribution in [0.3, 0.4) is 0 Å². The molecule has 0 fully saturated rings. The molecule has 0 unspecified atom stereocenters. The van der Waals surface area contributed by atoms with Gasteiger partial charge in [0.2, 0.25) is 5.91 Å². The molecule has 1 aromatic carbocycles. The molecule has 0 atom stereocenters. The summed E-state index contributed by atoms with van der Waals surface area (Å²) in [6, 6.07) is 5.91. The fourth-order valence-electron chi connectivity index (χ4n) is 2.59. The van der Waals surface area contributed by atoms with E-state index in [1.807, 2.05) is 18.2 Å². The molecule has 4 aromatic rings. The molecule has 26 heavy (non-hydrogen) atoms. The van der Waals surface area contributed by atoms with E-state index < -0.39 is 0 Å². The summed E-state index contributed by atoms with van der Waals surface area (Å²) in [5.74, 6) is 0.737. The average Bonchev–Trinajstić information content (AvgIpc) is 3.25. The van der Waals surface area contributed by atoms with Gasteiger partial charge in [-0.15, -0.1) is 0 Å². The number of carbonyl (C=O) groups excluding carboxylic acids is 1. The SMILES string of the molecule is CN(C)C(=O)CCc1nc2c(Nc3ccc4[nH]ncc4c3)ncnc2s1. The molecule has 4 rings (SSSR count). The first-order valence-corrected chi connectivity index (χ1v) is 8.92. The third kappa shape index (κ3) is 3.21. The topological polar surface area (TPSA) is 99.7 Å². The molecule has 3 heterocycles. The number of carbonyl (C=O) groups is 1. The maximum Gasteiger partial charge on any atom is 0.222 e. The monoisotopic (exact) mass is 367 g/mol. The number of fused-ring (bicyclic) bond motifs is 2. The van der Waals surface area contributed by atoms with Crippen LogP contribution in [0.2, 0.25) is 0 Å². The van der Waals surface area contributed by atoms with Crippen molar-refractivity contribution in [2.45, 2.75) is 12.8 Å². The fraction of sp³-hybridized carbons (Fsp3) is 0.235. The first-order valence-electron chi connectivity index (χ1n) is 8.11. The predicted molar refractivity (Wildman–Crippen MR) is 102 cm³/mol. The van der Waals surface area contributed by atoms with Crippen LogP contribution in [0.25, 0.3) is 21.3 Å². The van der Waals surface area contributed by atoms with Crippen LogP contribution in [0, 0.1) is 0 Å². The lowest BCUT2D eigenvalue weighted by Gasteiger charge is -2.08. The molecule has 8 nitrogen and oxygen atoms in total. The Morgan fingerprint density at radius 2 is 2.19 bits per heavy atom. The molecule has 2 N–H and O–H groups in total. The van der Waals surface area contributed by atoms with E-state index >= 15 is 0 Å². The Kier molecular flexibility index (Phi) is 4.21. The summed E-state index contributed by atoms with van der Waals surface area (Å²) in [5.41, 5.74) is 2.60. The molecule has 0 aliphatic rings. The van der Waals surface area contributed by atoms with Crippen LogP contribution in [0.4, 0.5) is 11.5 Å². The molecule has 3 aromatic heterocycles. The van der Waals surface area contributed by atoms with E-state index in [0.717, 1.165) is 31.9 Å². The highest BCUT2D eigenvalue weighted by atomic mass is 32.1. The van der Waals surface area contributed by atoms with Crippen LogP contribution in [0.15, 0.2) is 30.7 Å². The van der Waals surface area contributed by atoms with Crippen LogP contribution >= 0.6 is 11.3 Å². The number of hydrogen-bond acceptors (Lipinski definition) is 7. The summed E-state index contributed by atoms with van der Waals surface area (Å²) in [4.78, 5) is 27.4. The minimum atomic E-state index is 0.0853. The van der Waals surface area contributed by atoms with Crippen molar-refractivity contribution >= 4 is 50.0 Å². The van der Waals surface area contributed by atoms with Crippen molar-refractivity contribution in [1.82, 2.24) is 30.0 Å². The van der Waals surface area contributed by atoms with Crippen molar-refractivity contribution in [1.29, 1.82) is 0 Å². The number of amides is 1. The molecule has 0 radical (unpaired) electrons. The van der Waals surface area contributed by atoms with Gasteiger partial charge in [-0.25, -0.2) is 15.0 Å². The first kappa shape index (κ1) is 16.4. The average molecular weight is 367 g/mol. The van der Waals surface area contributed by atoms with Gasteiger partial charge in [-0.3, -0.25) is 9.89 Å². The lowest BCUT2D eigenvalue weighted by molar-refractivity contribution is -0.128. The number of nitrogens with one attached hydrogen (secondary N) is 2. The van der Waals surface area contributed by atoms with Crippen molar-refractivity contribution in [3.63, 3.8) is 0 Å². The summed E-state index contributed by atoms with van der Waals surface area (Å²) < 4.78 is 0. The van der Waals surface area contributed by atoms with E-state index in [1.165, 1.54) is 17.7 Å². The molecule has 0 aliphatic carbocycles. The van der Waals surface area contributed by atoms with Crippen LogP contribution in [-0.2, 0) is 11.2 Å². The van der Waals surface area contributed by atoms with Crippen LogP contribution < -0.4 is 5.32 Å². The minimum absolute atomic E-state index is 0.0853. The third-order valence-electron chi connectivity index (χ3n) is 3.99. The maximum atomic E-state index is 11.8. The quantitative estimate of drug-likeness (QED) is 0.563. The molecule has 0 bridgehead atoms. The lowest BCUT2D eigenvalue weighted by Crippen LogP contribution is -2.21. The number of aromatic amines is 1. The summed E-state index contributed by atoms with van der Waals surface area (Å²) in [5, 5.41) is 12.2. The Bertz CT molecular complexity index is 1090. The number of aromatic nitrogens is 5. The van der Waals surface area contributed by atoms with Gasteiger partial charge in [0.15, 0.2) is 5.82 Å². The fourth-order valence-corrected chi connectivity index (χ4v) is 3.49. The highest BCUT2D eigenvalue weighted by Gasteiger charge is 2.13. The van der Waals surface area contributed by atoms with Crippen molar-refractivity contribution in [2.24, 2.45) is 0 Å².